The zero-order valence-electron chi connectivity index (χ0n) is 22.4. The van der Waals surface area contributed by atoms with E-state index in [9.17, 15) is 20.0 Å². The summed E-state index contributed by atoms with van der Waals surface area (Å²) >= 11 is 0. The summed E-state index contributed by atoms with van der Waals surface area (Å²) in [5.41, 5.74) is 3.35. The van der Waals surface area contributed by atoms with Crippen LogP contribution in [0.5, 0.6) is 0 Å². The number of nitrogens with zero attached hydrogens (tertiary/aromatic N) is 3. The highest BCUT2D eigenvalue weighted by molar-refractivity contribution is 5.82. The molecule has 1 amide bonds. The molecule has 1 aromatic heterocycles. The molecule has 208 valence electrons. The lowest BCUT2D eigenvalue weighted by Gasteiger charge is -2.54. The molecule has 7 rings (SSSR count). The number of pyridine rings is 1. The van der Waals surface area contributed by atoms with Crippen LogP contribution in [0.3, 0.4) is 0 Å². The van der Waals surface area contributed by atoms with Gasteiger partial charge in [0.05, 0.1) is 5.92 Å². The first-order valence-corrected chi connectivity index (χ1v) is 14.8. The summed E-state index contributed by atoms with van der Waals surface area (Å²) in [5, 5.41) is 23.9. The van der Waals surface area contributed by atoms with Crippen LogP contribution in [-0.2, 0) is 17.8 Å². The third kappa shape index (κ3) is 4.40. The van der Waals surface area contributed by atoms with Gasteiger partial charge in [-0.3, -0.25) is 9.59 Å². The van der Waals surface area contributed by atoms with Crippen LogP contribution in [-0.4, -0.2) is 58.8 Å². The number of aromatic nitrogens is 1. The van der Waals surface area contributed by atoms with Crippen molar-refractivity contribution in [3.05, 3.63) is 63.2 Å². The van der Waals surface area contributed by atoms with Gasteiger partial charge >= 0.3 is 0 Å². The molecule has 9 nitrogen and oxygen atoms in total. The van der Waals surface area contributed by atoms with E-state index in [0.29, 0.717) is 31.5 Å². The van der Waals surface area contributed by atoms with Gasteiger partial charge in [-0.25, -0.2) is 5.21 Å². The standard InChI is InChI=1S/C30H39N5O4/c36-28-8-3-7-26-21-13-22(18-33(26)28)29-24(15-20-14-23(35(38)39)9-10-27(20)34(29)17-21)30(37)31-16-19-5-4-12-32-11-2-1-6-25(19)32/h3,7-10,14,19,21-22,24-25,29,35,38H,1-2,4-6,11-13,15-18H2,(H,31,37). The lowest BCUT2D eigenvalue weighted by atomic mass is 9.70. The molecule has 0 saturated carbocycles. The second-order valence-electron chi connectivity index (χ2n) is 12.4. The van der Waals surface area contributed by atoms with E-state index >= 15 is 0 Å². The van der Waals surface area contributed by atoms with Gasteiger partial charge in [0.2, 0.25) is 5.91 Å². The number of nitrogens with one attached hydrogen (secondary N) is 2. The maximum absolute atomic E-state index is 14.0. The molecule has 3 saturated heterocycles. The molecule has 39 heavy (non-hydrogen) atoms. The van der Waals surface area contributed by atoms with Gasteiger partial charge in [-0.1, -0.05) is 12.5 Å². The predicted octanol–water partition coefficient (Wildman–Crippen LogP) is 1.80. The number of rotatable bonds is 4. The number of benzene rings is 1. The lowest BCUT2D eigenvalue weighted by molar-refractivity contribution is -0.991. The first-order chi connectivity index (χ1) is 19.0. The van der Waals surface area contributed by atoms with E-state index in [1.807, 2.05) is 16.7 Å². The molecule has 1 aromatic carbocycles. The van der Waals surface area contributed by atoms with Crippen molar-refractivity contribution in [3.63, 3.8) is 0 Å². The van der Waals surface area contributed by atoms with Crippen LogP contribution in [0.15, 0.2) is 41.2 Å². The van der Waals surface area contributed by atoms with Crippen LogP contribution >= 0.6 is 0 Å². The fraction of sp³-hybridized carbons (Fsp3) is 0.600. The van der Waals surface area contributed by atoms with Gasteiger partial charge in [0.15, 0.2) is 5.69 Å². The minimum Gasteiger partial charge on any atom is -0.595 e. The van der Waals surface area contributed by atoms with Crippen LogP contribution < -0.4 is 21.0 Å². The van der Waals surface area contributed by atoms with E-state index in [-0.39, 0.29) is 40.9 Å². The molecule has 7 unspecified atom stereocenters. The number of hydrogen-bond acceptors (Lipinski definition) is 6. The Hall–Kier alpha value is -2.72. The Morgan fingerprint density at radius 3 is 2.85 bits per heavy atom. The molecular weight excluding hydrogens is 494 g/mol. The molecular formula is C30H39N5O4. The average molecular weight is 534 g/mol. The molecule has 6 heterocycles. The number of amides is 1. The number of hydrogen-bond donors (Lipinski definition) is 3. The number of carbonyl (C=O) groups is 1. The molecule has 0 spiro atoms. The summed E-state index contributed by atoms with van der Waals surface area (Å²) in [6, 6.07) is 11.5. The molecule has 3 fully saturated rings. The molecule has 7 atom stereocenters. The van der Waals surface area contributed by atoms with Crippen LogP contribution in [0, 0.1) is 23.0 Å². The van der Waals surface area contributed by atoms with Gasteiger partial charge in [0.1, 0.15) is 0 Å². The Morgan fingerprint density at radius 2 is 1.97 bits per heavy atom. The topological polar surface area (TPSA) is 105 Å². The monoisotopic (exact) mass is 533 g/mol. The first-order valence-electron chi connectivity index (χ1n) is 14.8. The van der Waals surface area contributed by atoms with Crippen molar-refractivity contribution in [2.75, 3.05) is 31.1 Å². The van der Waals surface area contributed by atoms with Gasteiger partial charge in [0.25, 0.3) is 5.56 Å². The Kier molecular flexibility index (Phi) is 6.50. The quantitative estimate of drug-likeness (QED) is 0.518. The summed E-state index contributed by atoms with van der Waals surface area (Å²) < 4.78 is 1.92. The Morgan fingerprint density at radius 1 is 1.10 bits per heavy atom. The maximum atomic E-state index is 14.0. The van der Waals surface area contributed by atoms with Crippen LogP contribution in [0.1, 0.15) is 55.7 Å². The lowest BCUT2D eigenvalue weighted by Crippen LogP contribution is -2.99. The largest absolute Gasteiger partial charge is 0.595 e. The normalized spacial score (nSPS) is 32.3. The van der Waals surface area contributed by atoms with Crippen molar-refractivity contribution in [2.45, 2.75) is 69.5 Å². The van der Waals surface area contributed by atoms with Crippen molar-refractivity contribution >= 4 is 17.3 Å². The highest BCUT2D eigenvalue weighted by atomic mass is 16.8. The van der Waals surface area contributed by atoms with E-state index < -0.39 is 5.23 Å². The van der Waals surface area contributed by atoms with E-state index in [2.05, 4.69) is 21.2 Å². The molecule has 5 aliphatic heterocycles. The highest BCUT2D eigenvalue weighted by Crippen LogP contribution is 2.47. The minimum atomic E-state index is -0.945. The van der Waals surface area contributed by atoms with Gasteiger partial charge in [-0.15, -0.1) is 0 Å². The van der Waals surface area contributed by atoms with Crippen molar-refractivity contribution in [2.24, 2.45) is 17.8 Å². The molecule has 2 bridgehead atoms. The molecule has 0 aliphatic carbocycles. The predicted molar refractivity (Wildman–Crippen MR) is 147 cm³/mol. The van der Waals surface area contributed by atoms with E-state index in [4.69, 9.17) is 0 Å². The molecule has 0 radical (unpaired) electrons. The van der Waals surface area contributed by atoms with Gasteiger partial charge in [0, 0.05) is 67.2 Å². The molecule has 3 N–H and O–H groups in total. The Labute approximate surface area is 228 Å². The van der Waals surface area contributed by atoms with Gasteiger partial charge in [-0.2, -0.15) is 5.23 Å². The number of piperidine rings is 3. The third-order valence-corrected chi connectivity index (χ3v) is 10.4. The van der Waals surface area contributed by atoms with Crippen molar-refractivity contribution in [1.29, 1.82) is 0 Å². The fourth-order valence-electron chi connectivity index (χ4n) is 8.66. The van der Waals surface area contributed by atoms with E-state index in [1.165, 1.54) is 38.8 Å². The Bertz CT molecular complexity index is 1310. The van der Waals surface area contributed by atoms with Crippen molar-refractivity contribution < 1.29 is 15.2 Å². The number of anilines is 1. The second-order valence-corrected chi connectivity index (χ2v) is 12.4. The summed E-state index contributed by atoms with van der Waals surface area (Å²) in [5.74, 6) is 0.683. The number of quaternary nitrogens is 1. The average Bonchev–Trinajstić information content (AvgIpc) is 2.95. The SMILES string of the molecule is O=C(NCC1CCCN2CCCCC12)C1Cc2cc([NH+]([O-])O)ccc2N2CC3CC(Cn4c3cccc4=O)C12. The molecule has 9 heteroatoms. The highest BCUT2D eigenvalue weighted by Gasteiger charge is 2.49. The van der Waals surface area contributed by atoms with Gasteiger partial charge < -0.3 is 24.9 Å². The van der Waals surface area contributed by atoms with E-state index in [1.54, 1.807) is 18.2 Å². The van der Waals surface area contributed by atoms with Crippen LogP contribution in [0.4, 0.5) is 11.4 Å². The minimum absolute atomic E-state index is 0.0118. The Balaban J connectivity index is 1.19. The smallest absolute Gasteiger partial charge is 0.250 e. The molecule has 2 aromatic rings. The summed E-state index contributed by atoms with van der Waals surface area (Å²) in [7, 11) is 0. The third-order valence-electron chi connectivity index (χ3n) is 10.4. The zero-order valence-corrected chi connectivity index (χ0v) is 22.4. The summed E-state index contributed by atoms with van der Waals surface area (Å²) in [6.07, 6.45) is 7.64. The van der Waals surface area contributed by atoms with Gasteiger partial charge in [-0.05, 0) is 81.1 Å². The summed E-state index contributed by atoms with van der Waals surface area (Å²) in [6.45, 7) is 4.43. The van der Waals surface area contributed by atoms with Crippen molar-refractivity contribution in [1.82, 2.24) is 14.8 Å². The van der Waals surface area contributed by atoms with Crippen LogP contribution in [0.25, 0.3) is 0 Å². The number of fused-ring (bicyclic) bond motifs is 9. The van der Waals surface area contributed by atoms with Crippen LogP contribution in [0.2, 0.25) is 0 Å². The molecule has 5 aliphatic rings. The van der Waals surface area contributed by atoms with E-state index in [0.717, 1.165) is 36.3 Å². The number of carbonyl (C=O) groups excluding carboxylic acids is 1. The fourth-order valence-corrected chi connectivity index (χ4v) is 8.66. The maximum Gasteiger partial charge on any atom is 0.250 e. The zero-order chi connectivity index (χ0) is 26.7. The van der Waals surface area contributed by atoms with Crippen molar-refractivity contribution in [3.8, 4) is 0 Å². The first kappa shape index (κ1) is 25.3. The summed E-state index contributed by atoms with van der Waals surface area (Å²) in [4.78, 5) is 31.8. The second kappa shape index (κ2) is 10.0.